The van der Waals surface area contributed by atoms with Gasteiger partial charge in [0.05, 0.1) is 10.6 Å². The van der Waals surface area contributed by atoms with Crippen LogP contribution < -0.4 is 0 Å². The maximum atomic E-state index is 12.5. The molecule has 0 bridgehead atoms. The Labute approximate surface area is 131 Å². The number of carbonyl (C=O) groups is 1. The minimum absolute atomic E-state index is 0.0210. The van der Waals surface area contributed by atoms with Crippen LogP contribution in [0.25, 0.3) is 0 Å². The summed E-state index contributed by atoms with van der Waals surface area (Å²) in [5.41, 5.74) is 0.525. The van der Waals surface area contributed by atoms with Crippen LogP contribution in [-0.2, 0) is 0 Å². The third-order valence-corrected chi connectivity index (χ3v) is 4.94. The van der Waals surface area contributed by atoms with Gasteiger partial charge in [0, 0.05) is 32.0 Å². The summed E-state index contributed by atoms with van der Waals surface area (Å²) in [7, 11) is 0. The first-order valence-corrected chi connectivity index (χ1v) is 8.23. The summed E-state index contributed by atoms with van der Waals surface area (Å²) in [5, 5.41) is 0.495. The highest BCUT2D eigenvalue weighted by Gasteiger charge is 2.26. The maximum absolute atomic E-state index is 12.5. The zero-order valence-corrected chi connectivity index (χ0v) is 13.1. The van der Waals surface area contributed by atoms with Gasteiger partial charge in [0.25, 0.3) is 5.91 Å². The molecule has 1 aromatic rings. The van der Waals surface area contributed by atoms with Crippen LogP contribution in [0.4, 0.5) is 0 Å². The van der Waals surface area contributed by atoms with E-state index in [4.69, 9.17) is 11.6 Å². The number of pyridine rings is 1. The Balaban J connectivity index is 1.53. The van der Waals surface area contributed by atoms with Gasteiger partial charge < -0.3 is 9.80 Å². The quantitative estimate of drug-likeness (QED) is 0.861. The molecule has 1 aromatic heterocycles. The number of rotatable bonds is 3. The summed E-state index contributed by atoms with van der Waals surface area (Å²) in [6.07, 6.45) is 8.07. The van der Waals surface area contributed by atoms with Gasteiger partial charge in [-0.1, -0.05) is 11.6 Å². The van der Waals surface area contributed by atoms with E-state index in [2.05, 4.69) is 9.88 Å². The second-order valence-electron chi connectivity index (χ2n) is 6.10. The van der Waals surface area contributed by atoms with Gasteiger partial charge in [0.15, 0.2) is 0 Å². The van der Waals surface area contributed by atoms with Gasteiger partial charge >= 0.3 is 0 Å². The molecule has 2 fully saturated rings. The molecule has 0 aliphatic carbocycles. The summed E-state index contributed by atoms with van der Waals surface area (Å²) >= 11 is 6.09. The first-order chi connectivity index (χ1) is 10.2. The number of aromatic nitrogens is 1. The predicted molar refractivity (Wildman–Crippen MR) is 83.5 cm³/mol. The van der Waals surface area contributed by atoms with Crippen molar-refractivity contribution in [2.75, 3.05) is 32.7 Å². The van der Waals surface area contributed by atoms with Crippen molar-refractivity contribution in [3.63, 3.8) is 0 Å². The van der Waals surface area contributed by atoms with E-state index in [1.165, 1.54) is 32.5 Å². The van der Waals surface area contributed by atoms with Crippen LogP contribution in [0.15, 0.2) is 18.5 Å². The van der Waals surface area contributed by atoms with E-state index in [1.54, 1.807) is 18.5 Å². The number of amides is 1. The average molecular weight is 308 g/mol. The summed E-state index contributed by atoms with van der Waals surface area (Å²) in [6, 6.07) is 1.68. The molecule has 3 heterocycles. The van der Waals surface area contributed by atoms with E-state index in [-0.39, 0.29) is 5.91 Å². The number of piperidine rings is 1. The van der Waals surface area contributed by atoms with Crippen LogP contribution >= 0.6 is 11.6 Å². The summed E-state index contributed by atoms with van der Waals surface area (Å²) < 4.78 is 0. The topological polar surface area (TPSA) is 36.4 Å². The van der Waals surface area contributed by atoms with Crippen LogP contribution in [0.1, 0.15) is 36.0 Å². The fourth-order valence-electron chi connectivity index (χ4n) is 3.35. The number of carbonyl (C=O) groups excluding carboxylic acids is 1. The van der Waals surface area contributed by atoms with Gasteiger partial charge in [-0.15, -0.1) is 0 Å². The summed E-state index contributed by atoms with van der Waals surface area (Å²) in [6.45, 7) is 5.38. The van der Waals surface area contributed by atoms with E-state index in [1.807, 2.05) is 4.90 Å². The fourth-order valence-corrected chi connectivity index (χ4v) is 3.54. The van der Waals surface area contributed by atoms with Gasteiger partial charge in [-0.2, -0.15) is 0 Å². The van der Waals surface area contributed by atoms with Crippen LogP contribution in [0.2, 0.25) is 5.02 Å². The molecule has 21 heavy (non-hydrogen) atoms. The molecule has 4 nitrogen and oxygen atoms in total. The fraction of sp³-hybridized carbons (Fsp3) is 0.625. The van der Waals surface area contributed by atoms with Gasteiger partial charge in [-0.25, -0.2) is 0 Å². The van der Waals surface area contributed by atoms with Gasteiger partial charge in [-0.05, 0) is 50.8 Å². The molecule has 1 amide bonds. The molecule has 2 saturated heterocycles. The minimum Gasteiger partial charge on any atom is -0.339 e. The first kappa shape index (κ1) is 14.8. The second kappa shape index (κ2) is 6.75. The minimum atomic E-state index is 0.0210. The maximum Gasteiger partial charge on any atom is 0.256 e. The Bertz CT molecular complexity index is 494. The van der Waals surface area contributed by atoms with E-state index in [0.717, 1.165) is 31.8 Å². The van der Waals surface area contributed by atoms with Crippen molar-refractivity contribution in [1.29, 1.82) is 0 Å². The monoisotopic (exact) mass is 307 g/mol. The van der Waals surface area contributed by atoms with E-state index < -0.39 is 0 Å². The predicted octanol–water partition coefficient (Wildman–Crippen LogP) is 2.68. The van der Waals surface area contributed by atoms with Crippen molar-refractivity contribution in [3.05, 3.63) is 29.0 Å². The van der Waals surface area contributed by atoms with Gasteiger partial charge in [0.2, 0.25) is 0 Å². The summed E-state index contributed by atoms with van der Waals surface area (Å²) in [5.74, 6) is 0.754. The third-order valence-electron chi connectivity index (χ3n) is 4.62. The molecule has 0 unspecified atom stereocenters. The Morgan fingerprint density at radius 2 is 1.95 bits per heavy atom. The van der Waals surface area contributed by atoms with Crippen molar-refractivity contribution in [2.45, 2.75) is 25.7 Å². The van der Waals surface area contributed by atoms with Crippen LogP contribution in [0.5, 0.6) is 0 Å². The average Bonchev–Trinajstić information content (AvgIpc) is 3.01. The molecule has 5 heteroatoms. The van der Waals surface area contributed by atoms with E-state index in [0.29, 0.717) is 10.6 Å². The molecular weight excluding hydrogens is 286 g/mol. The third kappa shape index (κ3) is 3.55. The molecule has 0 aromatic carbocycles. The van der Waals surface area contributed by atoms with Crippen molar-refractivity contribution in [2.24, 2.45) is 5.92 Å². The Hall–Kier alpha value is -1.13. The molecule has 2 aliphatic heterocycles. The number of hydrogen-bond donors (Lipinski definition) is 0. The number of halogens is 1. The molecule has 0 saturated carbocycles. The Kier molecular flexibility index (Phi) is 4.76. The molecule has 114 valence electrons. The molecule has 0 N–H and O–H groups in total. The lowest BCUT2D eigenvalue weighted by Gasteiger charge is -2.34. The van der Waals surface area contributed by atoms with Crippen LogP contribution in [-0.4, -0.2) is 53.4 Å². The zero-order chi connectivity index (χ0) is 14.7. The zero-order valence-electron chi connectivity index (χ0n) is 12.3. The second-order valence-corrected chi connectivity index (χ2v) is 6.51. The highest BCUT2D eigenvalue weighted by molar-refractivity contribution is 6.33. The van der Waals surface area contributed by atoms with E-state index >= 15 is 0 Å². The molecule has 0 radical (unpaired) electrons. The SMILES string of the molecule is O=C(c1cnccc1Cl)N1CCC(CN2CCCC2)CC1. The highest BCUT2D eigenvalue weighted by Crippen LogP contribution is 2.23. The van der Waals surface area contributed by atoms with Gasteiger partial charge in [0.1, 0.15) is 0 Å². The largest absolute Gasteiger partial charge is 0.339 e. The number of likely N-dealkylation sites (tertiary alicyclic amines) is 2. The van der Waals surface area contributed by atoms with Crippen molar-refractivity contribution >= 4 is 17.5 Å². The number of hydrogen-bond acceptors (Lipinski definition) is 3. The smallest absolute Gasteiger partial charge is 0.256 e. The molecule has 2 aliphatic rings. The first-order valence-electron chi connectivity index (χ1n) is 7.85. The molecular formula is C16H22ClN3O. The number of nitrogens with zero attached hydrogens (tertiary/aromatic N) is 3. The lowest BCUT2D eigenvalue weighted by Crippen LogP contribution is -2.41. The normalized spacial score (nSPS) is 20.9. The van der Waals surface area contributed by atoms with Crippen molar-refractivity contribution < 1.29 is 4.79 Å². The van der Waals surface area contributed by atoms with Crippen molar-refractivity contribution in [1.82, 2.24) is 14.8 Å². The molecule has 0 spiro atoms. The molecule has 3 rings (SSSR count). The Morgan fingerprint density at radius 1 is 1.24 bits per heavy atom. The van der Waals surface area contributed by atoms with E-state index in [9.17, 15) is 4.79 Å². The van der Waals surface area contributed by atoms with Crippen molar-refractivity contribution in [3.8, 4) is 0 Å². The van der Waals surface area contributed by atoms with Gasteiger partial charge in [-0.3, -0.25) is 9.78 Å². The lowest BCUT2D eigenvalue weighted by atomic mass is 9.96. The standard InChI is InChI=1S/C16H22ClN3O/c17-15-3-6-18-11-14(15)16(21)20-9-4-13(5-10-20)12-19-7-1-2-8-19/h3,6,11,13H,1-2,4-5,7-10,12H2. The molecule has 0 atom stereocenters. The summed E-state index contributed by atoms with van der Waals surface area (Å²) in [4.78, 5) is 21.0. The van der Waals surface area contributed by atoms with Crippen LogP contribution in [0.3, 0.4) is 0 Å². The highest BCUT2D eigenvalue weighted by atomic mass is 35.5. The van der Waals surface area contributed by atoms with Crippen LogP contribution in [0, 0.1) is 5.92 Å². The Morgan fingerprint density at radius 3 is 2.62 bits per heavy atom. The lowest BCUT2D eigenvalue weighted by molar-refractivity contribution is 0.0672.